The van der Waals surface area contributed by atoms with Crippen molar-refractivity contribution in [3.05, 3.63) is 16.7 Å². The maximum absolute atomic E-state index is 14.2. The summed E-state index contributed by atoms with van der Waals surface area (Å²) in [4.78, 5) is 33.0. The minimum atomic E-state index is -1.87. The maximum Gasteiger partial charge on any atom is 0.332 e. The zero-order valence-electron chi connectivity index (χ0n) is 15.6. The van der Waals surface area contributed by atoms with Gasteiger partial charge in [-0.15, -0.1) is 0 Å². The molecule has 6 atom stereocenters. The lowest BCUT2D eigenvalue weighted by atomic mass is 10.1. The first-order valence-corrected chi connectivity index (χ1v) is 9.35. The van der Waals surface area contributed by atoms with E-state index in [-0.39, 0.29) is 42.6 Å². The molecule has 11 nitrogen and oxygen atoms in total. The normalized spacial score (nSPS) is 31.3. The van der Waals surface area contributed by atoms with Crippen LogP contribution in [0.15, 0.2) is 11.0 Å². The van der Waals surface area contributed by atoms with Crippen LogP contribution in [0.5, 0.6) is 0 Å². The van der Waals surface area contributed by atoms with Crippen molar-refractivity contribution in [2.24, 2.45) is 11.8 Å². The number of nitrogen functional groups attached to an aromatic ring is 1. The lowest BCUT2D eigenvalue weighted by Gasteiger charge is -2.15. The van der Waals surface area contributed by atoms with Crippen molar-refractivity contribution < 1.29 is 28.9 Å². The Morgan fingerprint density at radius 2 is 2.28 bits per heavy atom. The monoisotopic (exact) mass is 411 g/mol. The topological polar surface area (TPSA) is 155 Å². The van der Waals surface area contributed by atoms with E-state index in [4.69, 9.17) is 15.2 Å². The highest BCUT2D eigenvalue weighted by Gasteiger charge is 2.48. The van der Waals surface area contributed by atoms with Crippen LogP contribution in [0.2, 0.25) is 0 Å². The van der Waals surface area contributed by atoms with Crippen LogP contribution < -0.4 is 11.4 Å². The number of ether oxygens (including phenoxy) is 2. The first-order chi connectivity index (χ1) is 13.9. The fraction of sp³-hybridized carbons (Fsp3) is 0.647. The van der Waals surface area contributed by atoms with E-state index in [1.54, 1.807) is 6.92 Å². The molecular weight excluding hydrogens is 389 g/mol. The van der Waals surface area contributed by atoms with Crippen LogP contribution in [0.1, 0.15) is 19.6 Å². The Labute approximate surface area is 163 Å². The van der Waals surface area contributed by atoms with Gasteiger partial charge in [0.1, 0.15) is 17.7 Å². The number of nitrogens with zero attached hydrogens (tertiary/aromatic N) is 4. The molecule has 3 heterocycles. The summed E-state index contributed by atoms with van der Waals surface area (Å²) in [6.07, 6.45) is -4.26. The predicted octanol–water partition coefficient (Wildman–Crippen LogP) is -1.04. The van der Waals surface area contributed by atoms with Crippen LogP contribution in [0.3, 0.4) is 0 Å². The molecule has 2 aromatic rings. The number of fused-ring (bicyclic) bond motifs is 1. The minimum absolute atomic E-state index is 0.0747. The Morgan fingerprint density at radius 3 is 2.93 bits per heavy atom. The number of nitrogens with two attached hydrogens (primary N) is 1. The highest BCUT2D eigenvalue weighted by atomic mass is 19.1. The largest absolute Gasteiger partial charge is 0.466 e. The molecule has 1 aliphatic carbocycles. The van der Waals surface area contributed by atoms with Crippen LogP contribution in [0.4, 0.5) is 10.3 Å². The standard InChI is InChI=1S/C17H22FN5O6/c1-2-28-15(26)8-3-7(8)5-22-9-4-20-16(19)21-13(9)23(17(22)27)14-12(25)11(18)10(6-24)29-14/h4,7-8,10-12,14,24-25H,2-3,5-6H2,1H3,(H2,19,20,21)/t7-,8+,10+,11+,12+,14+/m0/s1. The molecule has 2 fully saturated rings. The van der Waals surface area contributed by atoms with Gasteiger partial charge in [-0.1, -0.05) is 0 Å². The molecule has 0 aromatic carbocycles. The van der Waals surface area contributed by atoms with Crippen LogP contribution in [0.25, 0.3) is 11.2 Å². The summed E-state index contributed by atoms with van der Waals surface area (Å²) >= 11 is 0. The summed E-state index contributed by atoms with van der Waals surface area (Å²) in [6.45, 7) is 1.55. The Kier molecular flexibility index (Phi) is 5.00. The summed E-state index contributed by atoms with van der Waals surface area (Å²) in [5.74, 6) is -0.813. The Balaban J connectivity index is 1.71. The van der Waals surface area contributed by atoms with E-state index in [1.807, 2.05) is 0 Å². The number of esters is 1. The summed E-state index contributed by atoms with van der Waals surface area (Å²) < 4.78 is 27.0. The smallest absolute Gasteiger partial charge is 0.332 e. The average Bonchev–Trinajstić information content (AvgIpc) is 3.35. The Bertz CT molecular complexity index is 993. The van der Waals surface area contributed by atoms with Crippen LogP contribution >= 0.6 is 0 Å². The van der Waals surface area contributed by atoms with Crippen molar-refractivity contribution in [1.29, 1.82) is 0 Å². The highest BCUT2D eigenvalue weighted by molar-refractivity contribution is 5.76. The Hall–Kier alpha value is -2.57. The number of anilines is 1. The molecule has 12 heteroatoms. The quantitative estimate of drug-likeness (QED) is 0.506. The molecule has 0 amide bonds. The zero-order chi connectivity index (χ0) is 20.9. The van der Waals surface area contributed by atoms with Gasteiger partial charge in [-0.05, 0) is 19.3 Å². The fourth-order valence-corrected chi connectivity index (χ4v) is 3.77. The van der Waals surface area contributed by atoms with E-state index in [0.717, 1.165) is 4.57 Å². The number of aliphatic hydroxyl groups excluding tert-OH is 2. The number of rotatable bonds is 6. The highest BCUT2D eigenvalue weighted by Crippen LogP contribution is 2.41. The second-order valence-electron chi connectivity index (χ2n) is 7.24. The predicted molar refractivity (Wildman–Crippen MR) is 96.3 cm³/mol. The number of imidazole rings is 1. The molecule has 0 spiro atoms. The second-order valence-corrected chi connectivity index (χ2v) is 7.24. The van der Waals surface area contributed by atoms with Gasteiger partial charge >= 0.3 is 11.7 Å². The van der Waals surface area contributed by atoms with Gasteiger partial charge in [0.05, 0.1) is 25.3 Å². The van der Waals surface area contributed by atoms with Gasteiger partial charge in [-0.3, -0.25) is 9.36 Å². The third-order valence-electron chi connectivity index (χ3n) is 5.38. The number of hydrogen-bond donors (Lipinski definition) is 3. The van der Waals surface area contributed by atoms with E-state index >= 15 is 0 Å². The molecule has 1 saturated carbocycles. The molecule has 2 aliphatic rings. The molecular formula is C17H22FN5O6. The average molecular weight is 411 g/mol. The SMILES string of the molecule is CCOC(=O)[C@@H]1C[C@H]1Cn1c(=O)n([C@@H]2O[C@H](CO)[C@@H](F)[C@H]2O)c2nc(N)ncc21. The molecule has 1 aliphatic heterocycles. The first kappa shape index (κ1) is 19.7. The Morgan fingerprint density at radius 1 is 1.52 bits per heavy atom. The molecule has 1 saturated heterocycles. The van der Waals surface area contributed by atoms with E-state index in [2.05, 4.69) is 9.97 Å². The van der Waals surface area contributed by atoms with Gasteiger partial charge < -0.3 is 25.4 Å². The molecule has 2 aromatic heterocycles. The van der Waals surface area contributed by atoms with Crippen LogP contribution in [-0.2, 0) is 20.8 Å². The first-order valence-electron chi connectivity index (χ1n) is 9.35. The number of aliphatic hydroxyl groups is 2. The number of aromatic nitrogens is 4. The van der Waals surface area contributed by atoms with E-state index in [9.17, 15) is 24.2 Å². The molecule has 0 bridgehead atoms. The van der Waals surface area contributed by atoms with Crippen LogP contribution in [-0.4, -0.2) is 66.9 Å². The number of hydrogen-bond acceptors (Lipinski definition) is 9. The van der Waals surface area contributed by atoms with Gasteiger partial charge in [0.2, 0.25) is 5.95 Å². The lowest BCUT2D eigenvalue weighted by Crippen LogP contribution is -2.34. The molecule has 0 radical (unpaired) electrons. The van der Waals surface area contributed by atoms with E-state index in [1.165, 1.54) is 10.8 Å². The minimum Gasteiger partial charge on any atom is -0.466 e. The zero-order valence-corrected chi connectivity index (χ0v) is 15.6. The molecule has 158 valence electrons. The fourth-order valence-electron chi connectivity index (χ4n) is 3.77. The van der Waals surface area contributed by atoms with E-state index in [0.29, 0.717) is 11.9 Å². The summed E-state index contributed by atoms with van der Waals surface area (Å²) in [5, 5.41) is 19.5. The molecule has 0 unspecified atom stereocenters. The summed E-state index contributed by atoms with van der Waals surface area (Å²) in [5.41, 5.74) is 5.43. The van der Waals surface area contributed by atoms with Gasteiger partial charge in [-0.25, -0.2) is 18.7 Å². The third kappa shape index (κ3) is 3.26. The van der Waals surface area contributed by atoms with Crippen molar-refractivity contribution in [3.8, 4) is 0 Å². The van der Waals surface area contributed by atoms with Crippen molar-refractivity contribution in [1.82, 2.24) is 19.1 Å². The van der Waals surface area contributed by atoms with Crippen molar-refractivity contribution in [3.63, 3.8) is 0 Å². The molecule has 4 rings (SSSR count). The van der Waals surface area contributed by atoms with Crippen LogP contribution in [0, 0.1) is 11.8 Å². The van der Waals surface area contributed by atoms with Crippen molar-refractivity contribution in [2.75, 3.05) is 18.9 Å². The number of carbonyl (C=O) groups excluding carboxylic acids is 1. The third-order valence-corrected chi connectivity index (χ3v) is 5.38. The van der Waals surface area contributed by atoms with Gasteiger partial charge in [0.25, 0.3) is 0 Å². The number of halogens is 1. The number of carbonyl (C=O) groups is 1. The molecule has 4 N–H and O–H groups in total. The van der Waals surface area contributed by atoms with Crippen molar-refractivity contribution in [2.45, 2.75) is 44.5 Å². The van der Waals surface area contributed by atoms with Crippen molar-refractivity contribution >= 4 is 23.1 Å². The lowest BCUT2D eigenvalue weighted by molar-refractivity contribution is -0.145. The van der Waals surface area contributed by atoms with E-state index < -0.39 is 36.9 Å². The second kappa shape index (κ2) is 7.35. The summed E-state index contributed by atoms with van der Waals surface area (Å²) in [6, 6.07) is 0. The molecule has 29 heavy (non-hydrogen) atoms. The maximum atomic E-state index is 14.2. The van der Waals surface area contributed by atoms with Gasteiger partial charge in [0.15, 0.2) is 18.0 Å². The summed E-state index contributed by atoms with van der Waals surface area (Å²) in [7, 11) is 0. The number of alkyl halides is 1. The van der Waals surface area contributed by atoms with Gasteiger partial charge in [0, 0.05) is 6.54 Å². The van der Waals surface area contributed by atoms with Gasteiger partial charge in [-0.2, -0.15) is 4.98 Å².